The molecule has 1 aliphatic heterocycles. The highest BCUT2D eigenvalue weighted by molar-refractivity contribution is 6.02. The topological polar surface area (TPSA) is 63.6 Å². The Morgan fingerprint density at radius 3 is 2.93 bits per heavy atom. The average Bonchev–Trinajstić information content (AvgIpc) is 2.42. The Morgan fingerprint density at radius 2 is 2.20 bits per heavy atom. The van der Waals surface area contributed by atoms with Gasteiger partial charge in [-0.3, -0.25) is 4.79 Å². The van der Waals surface area contributed by atoms with Crippen molar-refractivity contribution in [2.24, 2.45) is 0 Å². The summed E-state index contributed by atoms with van der Waals surface area (Å²) in [5.74, 6) is -1.03. The van der Waals surface area contributed by atoms with Crippen LogP contribution in [0.5, 0.6) is 0 Å². The summed E-state index contributed by atoms with van der Waals surface area (Å²) in [6.07, 6.45) is 5.11. The first-order valence-corrected chi connectivity index (χ1v) is 4.44. The number of fused-ring (bicyclic) bond motifs is 1. The van der Waals surface area contributed by atoms with E-state index in [4.69, 9.17) is 9.84 Å². The van der Waals surface area contributed by atoms with Gasteiger partial charge in [-0.15, -0.1) is 5.73 Å². The predicted octanol–water partition coefficient (Wildman–Crippen LogP) is 0.964. The summed E-state index contributed by atoms with van der Waals surface area (Å²) in [4.78, 5) is 22.3. The molecule has 4 nitrogen and oxygen atoms in total. The van der Waals surface area contributed by atoms with Gasteiger partial charge in [-0.2, -0.15) is 0 Å². The number of carboxylic acid groups (broad SMARTS) is 1. The molecular formula is C11H8O4. The summed E-state index contributed by atoms with van der Waals surface area (Å²) in [6, 6.07) is 0. The number of carboxylic acids is 1. The standard InChI is InChI=1S/C11H8O4/c12-8-6-10(11(13)14)15-9-5-3-1-2-4-7(8)9/h2-5,10H,6H2,(H,13,14). The van der Waals surface area contributed by atoms with Crippen LogP contribution in [0.3, 0.4) is 0 Å². The molecular weight excluding hydrogens is 196 g/mol. The summed E-state index contributed by atoms with van der Waals surface area (Å²) in [6.45, 7) is 0. The molecule has 0 aromatic heterocycles. The number of allylic oxidation sites excluding steroid dienone is 4. The minimum atomic E-state index is -1.12. The van der Waals surface area contributed by atoms with Gasteiger partial charge in [0.2, 0.25) is 6.10 Å². The molecule has 0 aromatic carbocycles. The summed E-state index contributed by atoms with van der Waals surface area (Å²) < 4.78 is 5.18. The molecule has 2 rings (SSSR count). The lowest BCUT2D eigenvalue weighted by atomic mass is 9.99. The Labute approximate surface area is 85.8 Å². The van der Waals surface area contributed by atoms with Crippen molar-refractivity contribution in [3.8, 4) is 0 Å². The van der Waals surface area contributed by atoms with E-state index in [0.29, 0.717) is 11.3 Å². The Balaban J connectivity index is 2.34. The third-order valence-corrected chi connectivity index (χ3v) is 2.16. The molecule has 0 amide bonds. The number of hydrogen-bond acceptors (Lipinski definition) is 3. The van der Waals surface area contributed by atoms with E-state index >= 15 is 0 Å². The molecule has 0 radical (unpaired) electrons. The summed E-state index contributed by atoms with van der Waals surface area (Å²) in [5.41, 5.74) is 3.20. The van der Waals surface area contributed by atoms with Crippen molar-refractivity contribution in [2.75, 3.05) is 0 Å². The van der Waals surface area contributed by atoms with Crippen LogP contribution in [-0.2, 0) is 14.3 Å². The zero-order valence-corrected chi connectivity index (χ0v) is 7.77. The minimum absolute atomic E-state index is 0.119. The van der Waals surface area contributed by atoms with Crippen LogP contribution in [0.4, 0.5) is 0 Å². The number of ether oxygens (including phenoxy) is 1. The Bertz CT molecular complexity index is 447. The van der Waals surface area contributed by atoms with E-state index in [1.807, 2.05) is 0 Å². The number of aliphatic carboxylic acids is 1. The second-order valence-electron chi connectivity index (χ2n) is 3.18. The molecule has 0 bridgehead atoms. The molecule has 2 aliphatic rings. The van der Waals surface area contributed by atoms with E-state index < -0.39 is 12.1 Å². The molecule has 15 heavy (non-hydrogen) atoms. The van der Waals surface area contributed by atoms with Crippen molar-refractivity contribution in [2.45, 2.75) is 12.5 Å². The van der Waals surface area contributed by atoms with Crippen LogP contribution in [0.1, 0.15) is 6.42 Å². The first kappa shape index (κ1) is 9.49. The second kappa shape index (κ2) is 3.59. The lowest BCUT2D eigenvalue weighted by molar-refractivity contribution is -0.151. The zero-order chi connectivity index (χ0) is 10.8. The van der Waals surface area contributed by atoms with Crippen LogP contribution in [-0.4, -0.2) is 23.0 Å². The highest BCUT2D eigenvalue weighted by Gasteiger charge is 2.33. The van der Waals surface area contributed by atoms with Crippen molar-refractivity contribution in [3.63, 3.8) is 0 Å². The number of hydrogen-bond donors (Lipinski definition) is 1. The molecule has 1 heterocycles. The van der Waals surface area contributed by atoms with Gasteiger partial charge in [0.25, 0.3) is 0 Å². The fourth-order valence-corrected chi connectivity index (χ4v) is 1.43. The SMILES string of the molecule is O=C1CC(C(=O)O)OC2=CC=C=CC=C12. The Morgan fingerprint density at radius 1 is 1.47 bits per heavy atom. The molecule has 1 unspecified atom stereocenters. The molecule has 0 aromatic rings. The fraction of sp³-hybridized carbons (Fsp3) is 0.182. The Kier molecular flexibility index (Phi) is 2.27. The van der Waals surface area contributed by atoms with E-state index in [1.54, 1.807) is 24.3 Å². The zero-order valence-electron chi connectivity index (χ0n) is 7.77. The van der Waals surface area contributed by atoms with Gasteiger partial charge in [0.1, 0.15) is 5.76 Å². The van der Waals surface area contributed by atoms with Crippen LogP contribution in [0.2, 0.25) is 0 Å². The minimum Gasteiger partial charge on any atom is -0.478 e. The van der Waals surface area contributed by atoms with Gasteiger partial charge >= 0.3 is 5.97 Å². The molecule has 0 spiro atoms. The van der Waals surface area contributed by atoms with Crippen molar-refractivity contribution in [1.82, 2.24) is 0 Å². The lowest BCUT2D eigenvalue weighted by Gasteiger charge is -2.23. The highest BCUT2D eigenvalue weighted by Crippen LogP contribution is 2.25. The lowest BCUT2D eigenvalue weighted by Crippen LogP contribution is -2.32. The van der Waals surface area contributed by atoms with Gasteiger partial charge in [0, 0.05) is 0 Å². The van der Waals surface area contributed by atoms with Gasteiger partial charge in [0.15, 0.2) is 5.78 Å². The molecule has 76 valence electrons. The number of Topliss-reactive ketones (excluding diaryl/α,β-unsaturated/α-hetero) is 1. The first-order valence-electron chi connectivity index (χ1n) is 4.44. The van der Waals surface area contributed by atoms with Crippen molar-refractivity contribution >= 4 is 11.8 Å². The van der Waals surface area contributed by atoms with Gasteiger partial charge in [-0.25, -0.2) is 4.79 Å². The quantitative estimate of drug-likeness (QED) is 0.646. The van der Waals surface area contributed by atoms with Crippen LogP contribution in [0.25, 0.3) is 0 Å². The number of rotatable bonds is 1. The van der Waals surface area contributed by atoms with Gasteiger partial charge < -0.3 is 9.84 Å². The summed E-state index contributed by atoms with van der Waals surface area (Å²) in [7, 11) is 0. The van der Waals surface area contributed by atoms with E-state index in [1.165, 1.54) is 0 Å². The summed E-state index contributed by atoms with van der Waals surface area (Å²) in [5, 5.41) is 8.76. The third-order valence-electron chi connectivity index (χ3n) is 2.16. The van der Waals surface area contributed by atoms with Gasteiger partial charge in [0.05, 0.1) is 12.0 Å². The molecule has 1 fully saturated rings. The Hall–Kier alpha value is -2.06. The molecule has 1 N–H and O–H groups in total. The van der Waals surface area contributed by atoms with Crippen molar-refractivity contribution in [1.29, 1.82) is 0 Å². The smallest absolute Gasteiger partial charge is 0.345 e. The van der Waals surface area contributed by atoms with Crippen LogP contribution < -0.4 is 0 Å². The highest BCUT2D eigenvalue weighted by atomic mass is 16.5. The van der Waals surface area contributed by atoms with Crippen LogP contribution in [0.15, 0.2) is 41.4 Å². The number of carbonyl (C=O) groups is 2. The monoisotopic (exact) mass is 204 g/mol. The number of carbonyl (C=O) groups excluding carboxylic acids is 1. The molecule has 1 saturated heterocycles. The average molecular weight is 204 g/mol. The molecule has 4 heteroatoms. The van der Waals surface area contributed by atoms with Crippen molar-refractivity contribution in [3.05, 3.63) is 41.4 Å². The van der Waals surface area contributed by atoms with Crippen LogP contribution in [0, 0.1) is 0 Å². The van der Waals surface area contributed by atoms with Crippen molar-refractivity contribution < 1.29 is 19.4 Å². The fourth-order valence-electron chi connectivity index (χ4n) is 1.43. The van der Waals surface area contributed by atoms with E-state index in [2.05, 4.69) is 5.73 Å². The van der Waals surface area contributed by atoms with Gasteiger partial charge in [-0.1, -0.05) is 0 Å². The molecule has 1 atom stereocenters. The first-order chi connectivity index (χ1) is 7.18. The second-order valence-corrected chi connectivity index (χ2v) is 3.18. The normalized spacial score (nSPS) is 23.5. The maximum absolute atomic E-state index is 11.6. The van der Waals surface area contributed by atoms with E-state index in [-0.39, 0.29) is 12.2 Å². The summed E-state index contributed by atoms with van der Waals surface area (Å²) >= 11 is 0. The maximum atomic E-state index is 11.6. The molecule has 0 saturated carbocycles. The van der Waals surface area contributed by atoms with Crippen LogP contribution >= 0.6 is 0 Å². The van der Waals surface area contributed by atoms with E-state index in [0.717, 1.165) is 0 Å². The number of ketones is 1. The van der Waals surface area contributed by atoms with Gasteiger partial charge in [-0.05, 0) is 24.3 Å². The third kappa shape index (κ3) is 1.75. The predicted molar refractivity (Wildman–Crippen MR) is 51.0 cm³/mol. The molecule has 1 aliphatic carbocycles. The van der Waals surface area contributed by atoms with E-state index in [9.17, 15) is 9.59 Å². The maximum Gasteiger partial charge on any atom is 0.345 e. The largest absolute Gasteiger partial charge is 0.478 e.